The topological polar surface area (TPSA) is 39.1 Å². The van der Waals surface area contributed by atoms with Gasteiger partial charge < -0.3 is 5.32 Å². The lowest BCUT2D eigenvalue weighted by atomic mass is 10.1. The van der Waals surface area contributed by atoms with Crippen molar-refractivity contribution in [1.82, 2.24) is 10.2 Å². The van der Waals surface area contributed by atoms with E-state index in [0.29, 0.717) is 12.0 Å². The number of hydrogen-bond acceptors (Lipinski definition) is 3. The molecule has 2 fully saturated rings. The van der Waals surface area contributed by atoms with Gasteiger partial charge in [-0.3, -0.25) is 4.90 Å². The predicted molar refractivity (Wildman–Crippen MR) is 75.7 cm³/mol. The average Bonchev–Trinajstić information content (AvgIpc) is 3.26. The standard InChI is InChI=1S/C16H21N3/c17-11-13-4-6-14(7-5-13)15-10-16(15)18-12-19-8-2-1-3-9-19/h4-7,15-16,18H,1-3,8-10,12H2/t15-,16+/m0/s1. The molecular weight excluding hydrogens is 234 g/mol. The fourth-order valence-electron chi connectivity index (χ4n) is 2.96. The third-order valence-electron chi connectivity index (χ3n) is 4.28. The van der Waals surface area contributed by atoms with E-state index < -0.39 is 0 Å². The summed E-state index contributed by atoms with van der Waals surface area (Å²) in [7, 11) is 0. The maximum absolute atomic E-state index is 8.80. The summed E-state index contributed by atoms with van der Waals surface area (Å²) in [4.78, 5) is 2.53. The van der Waals surface area contributed by atoms with Crippen molar-refractivity contribution in [2.75, 3.05) is 19.8 Å². The number of nitrogens with zero attached hydrogens (tertiary/aromatic N) is 2. The molecule has 1 aliphatic heterocycles. The molecule has 1 aliphatic carbocycles. The van der Waals surface area contributed by atoms with Crippen molar-refractivity contribution < 1.29 is 0 Å². The highest BCUT2D eigenvalue weighted by Gasteiger charge is 2.37. The van der Waals surface area contributed by atoms with Crippen molar-refractivity contribution in [3.05, 3.63) is 35.4 Å². The van der Waals surface area contributed by atoms with Gasteiger partial charge in [-0.15, -0.1) is 0 Å². The maximum Gasteiger partial charge on any atom is 0.0991 e. The van der Waals surface area contributed by atoms with Gasteiger partial charge in [0.15, 0.2) is 0 Å². The van der Waals surface area contributed by atoms with Crippen LogP contribution >= 0.6 is 0 Å². The Kier molecular flexibility index (Phi) is 3.82. The first-order valence-corrected chi connectivity index (χ1v) is 7.32. The van der Waals surface area contributed by atoms with E-state index in [9.17, 15) is 0 Å². The van der Waals surface area contributed by atoms with Crippen molar-refractivity contribution in [3.8, 4) is 6.07 Å². The molecule has 0 amide bonds. The van der Waals surface area contributed by atoms with E-state index in [4.69, 9.17) is 5.26 Å². The van der Waals surface area contributed by atoms with Crippen LogP contribution in [0.15, 0.2) is 24.3 Å². The van der Waals surface area contributed by atoms with Crippen molar-refractivity contribution >= 4 is 0 Å². The van der Waals surface area contributed by atoms with Gasteiger partial charge in [-0.05, 0) is 50.0 Å². The van der Waals surface area contributed by atoms with Crippen molar-refractivity contribution in [2.45, 2.75) is 37.6 Å². The Morgan fingerprint density at radius 1 is 1.16 bits per heavy atom. The predicted octanol–water partition coefficient (Wildman–Crippen LogP) is 2.45. The lowest BCUT2D eigenvalue weighted by Crippen LogP contribution is -2.38. The second-order valence-electron chi connectivity index (χ2n) is 5.72. The summed E-state index contributed by atoms with van der Waals surface area (Å²) in [5.74, 6) is 0.650. The Morgan fingerprint density at radius 3 is 2.58 bits per heavy atom. The number of rotatable bonds is 4. The zero-order valence-electron chi connectivity index (χ0n) is 11.3. The van der Waals surface area contributed by atoms with Crippen LogP contribution in [-0.4, -0.2) is 30.7 Å². The van der Waals surface area contributed by atoms with Crippen molar-refractivity contribution in [1.29, 1.82) is 5.26 Å². The molecule has 0 radical (unpaired) electrons. The molecule has 0 unspecified atom stereocenters. The zero-order chi connectivity index (χ0) is 13.1. The SMILES string of the molecule is N#Cc1ccc([C@@H]2C[C@H]2NCN2CCCCC2)cc1. The van der Waals surface area contributed by atoms with Crippen molar-refractivity contribution in [3.63, 3.8) is 0 Å². The zero-order valence-corrected chi connectivity index (χ0v) is 11.3. The third-order valence-corrected chi connectivity index (χ3v) is 4.28. The Balaban J connectivity index is 1.46. The van der Waals surface area contributed by atoms with Gasteiger partial charge in [0, 0.05) is 18.6 Å². The second kappa shape index (κ2) is 5.73. The quantitative estimate of drug-likeness (QED) is 0.898. The molecule has 3 heteroatoms. The van der Waals surface area contributed by atoms with Gasteiger partial charge in [0.1, 0.15) is 0 Å². The fourth-order valence-corrected chi connectivity index (χ4v) is 2.96. The van der Waals surface area contributed by atoms with Crippen LogP contribution in [-0.2, 0) is 0 Å². The van der Waals surface area contributed by atoms with Crippen LogP contribution in [0.25, 0.3) is 0 Å². The van der Waals surface area contributed by atoms with Crippen LogP contribution in [0.5, 0.6) is 0 Å². The monoisotopic (exact) mass is 255 g/mol. The number of nitriles is 1. The highest BCUT2D eigenvalue weighted by Crippen LogP contribution is 2.40. The minimum atomic E-state index is 0.634. The molecule has 1 aromatic carbocycles. The van der Waals surface area contributed by atoms with Crippen LogP contribution in [0.3, 0.4) is 0 Å². The molecule has 1 heterocycles. The lowest BCUT2D eigenvalue weighted by Gasteiger charge is -2.26. The van der Waals surface area contributed by atoms with Crippen LogP contribution in [0.1, 0.15) is 42.7 Å². The summed E-state index contributed by atoms with van der Waals surface area (Å²) in [6.07, 6.45) is 5.34. The van der Waals surface area contributed by atoms with Gasteiger partial charge >= 0.3 is 0 Å². The summed E-state index contributed by atoms with van der Waals surface area (Å²) in [6, 6.07) is 10.9. The largest absolute Gasteiger partial charge is 0.301 e. The molecule has 3 rings (SSSR count). The number of nitrogens with one attached hydrogen (secondary N) is 1. The Hall–Kier alpha value is -1.37. The van der Waals surface area contributed by atoms with Gasteiger partial charge in [0.2, 0.25) is 0 Å². The van der Waals surface area contributed by atoms with Crippen LogP contribution < -0.4 is 5.32 Å². The molecule has 0 aromatic heterocycles. The molecule has 0 spiro atoms. The highest BCUT2D eigenvalue weighted by molar-refractivity contribution is 5.36. The Labute approximate surface area is 115 Å². The minimum absolute atomic E-state index is 0.634. The van der Waals surface area contributed by atoms with E-state index in [1.54, 1.807) is 0 Å². The van der Waals surface area contributed by atoms with Crippen molar-refractivity contribution in [2.24, 2.45) is 0 Å². The molecule has 1 saturated heterocycles. The fraction of sp³-hybridized carbons (Fsp3) is 0.562. The molecule has 1 aromatic rings. The van der Waals surface area contributed by atoms with E-state index in [1.807, 2.05) is 12.1 Å². The van der Waals surface area contributed by atoms with Gasteiger partial charge in [-0.2, -0.15) is 5.26 Å². The van der Waals surface area contributed by atoms with Gasteiger partial charge in [0.05, 0.1) is 11.6 Å². The number of benzene rings is 1. The number of piperidine rings is 1. The van der Waals surface area contributed by atoms with E-state index in [-0.39, 0.29) is 0 Å². The molecule has 100 valence electrons. The summed E-state index contributed by atoms with van der Waals surface area (Å²) < 4.78 is 0. The minimum Gasteiger partial charge on any atom is -0.301 e. The molecule has 1 saturated carbocycles. The van der Waals surface area contributed by atoms with Crippen LogP contribution in [0, 0.1) is 11.3 Å². The maximum atomic E-state index is 8.80. The molecule has 2 aliphatic rings. The van der Waals surface area contributed by atoms with Gasteiger partial charge in [0.25, 0.3) is 0 Å². The number of hydrogen-bond donors (Lipinski definition) is 1. The number of likely N-dealkylation sites (tertiary alicyclic amines) is 1. The molecular formula is C16H21N3. The molecule has 0 bridgehead atoms. The van der Waals surface area contributed by atoms with E-state index in [0.717, 1.165) is 12.2 Å². The van der Waals surface area contributed by atoms with Crippen LogP contribution in [0.2, 0.25) is 0 Å². The first-order chi connectivity index (χ1) is 9.36. The lowest BCUT2D eigenvalue weighted by molar-refractivity contribution is 0.211. The van der Waals surface area contributed by atoms with E-state index >= 15 is 0 Å². The highest BCUT2D eigenvalue weighted by atomic mass is 15.2. The summed E-state index contributed by atoms with van der Waals surface area (Å²) >= 11 is 0. The first kappa shape index (κ1) is 12.7. The summed E-state index contributed by atoms with van der Waals surface area (Å²) in [5, 5.41) is 12.5. The van der Waals surface area contributed by atoms with Gasteiger partial charge in [-0.1, -0.05) is 18.6 Å². The normalized spacial score (nSPS) is 26.9. The van der Waals surface area contributed by atoms with Gasteiger partial charge in [-0.25, -0.2) is 0 Å². The molecule has 3 nitrogen and oxygen atoms in total. The van der Waals surface area contributed by atoms with Crippen LogP contribution in [0.4, 0.5) is 0 Å². The molecule has 1 N–H and O–H groups in total. The smallest absolute Gasteiger partial charge is 0.0991 e. The van der Waals surface area contributed by atoms with E-state index in [2.05, 4.69) is 28.4 Å². The summed E-state index contributed by atoms with van der Waals surface area (Å²) in [5.41, 5.74) is 2.12. The Bertz CT molecular complexity index is 454. The molecule has 2 atom stereocenters. The summed E-state index contributed by atoms with van der Waals surface area (Å²) in [6.45, 7) is 3.54. The van der Waals surface area contributed by atoms with E-state index in [1.165, 1.54) is 44.3 Å². The third kappa shape index (κ3) is 3.15. The molecule has 19 heavy (non-hydrogen) atoms. The second-order valence-corrected chi connectivity index (χ2v) is 5.72. The first-order valence-electron chi connectivity index (χ1n) is 7.32. The average molecular weight is 255 g/mol. The Morgan fingerprint density at radius 2 is 1.89 bits per heavy atom.